The van der Waals surface area contributed by atoms with Crippen LogP contribution in [-0.4, -0.2) is 14.3 Å². The van der Waals surface area contributed by atoms with Crippen LogP contribution in [0.15, 0.2) is 108 Å². The molecule has 0 saturated carbocycles. The van der Waals surface area contributed by atoms with Gasteiger partial charge in [-0.15, -0.1) is 0 Å². The van der Waals surface area contributed by atoms with Gasteiger partial charge in [-0.1, -0.05) is 54.6 Å². The second-order valence-electron chi connectivity index (χ2n) is 8.19. The van der Waals surface area contributed by atoms with E-state index in [9.17, 15) is 13.2 Å². The van der Waals surface area contributed by atoms with Crippen molar-refractivity contribution in [2.45, 2.75) is 25.3 Å². The number of hydrogen-bond acceptors (Lipinski definition) is 3. The molecular weight excluding hydrogens is 444 g/mol. The normalized spacial score (nSPS) is 11.1. The van der Waals surface area contributed by atoms with Gasteiger partial charge in [0.2, 0.25) is 0 Å². The third-order valence-corrected chi connectivity index (χ3v) is 7.19. The van der Waals surface area contributed by atoms with E-state index in [0.717, 1.165) is 22.4 Å². The first-order valence-electron chi connectivity index (χ1n) is 10.9. The summed E-state index contributed by atoms with van der Waals surface area (Å²) >= 11 is 0. The average Bonchev–Trinajstić information content (AvgIpc) is 2.83. The van der Waals surface area contributed by atoms with Crippen molar-refractivity contribution in [1.29, 1.82) is 0 Å². The molecule has 0 aliphatic heterocycles. The topological polar surface area (TPSA) is 66.5 Å². The molecule has 0 spiro atoms. The number of nitrogens with zero attached hydrogens (tertiary/aromatic N) is 1. The molecule has 34 heavy (non-hydrogen) atoms. The number of aryl methyl sites for hydroxylation is 2. The van der Waals surface area contributed by atoms with Crippen molar-refractivity contribution in [1.82, 2.24) is 0 Å². The first-order valence-corrected chi connectivity index (χ1v) is 12.4. The summed E-state index contributed by atoms with van der Waals surface area (Å²) in [6.07, 6.45) is 0. The van der Waals surface area contributed by atoms with Crippen molar-refractivity contribution in [3.05, 3.63) is 125 Å². The van der Waals surface area contributed by atoms with Crippen LogP contribution in [0, 0.1) is 13.8 Å². The number of sulfonamides is 1. The fourth-order valence-corrected chi connectivity index (χ4v) is 5.28. The molecule has 0 aliphatic carbocycles. The van der Waals surface area contributed by atoms with Gasteiger partial charge >= 0.3 is 0 Å². The fraction of sp³-hybridized carbons (Fsp3) is 0.107. The summed E-state index contributed by atoms with van der Waals surface area (Å²) in [4.78, 5) is 12.9. The Bertz CT molecular complexity index is 1360. The van der Waals surface area contributed by atoms with Crippen LogP contribution in [0.25, 0.3) is 0 Å². The van der Waals surface area contributed by atoms with Crippen LogP contribution in [0.1, 0.15) is 27.0 Å². The van der Waals surface area contributed by atoms with Crippen molar-refractivity contribution in [3.63, 3.8) is 0 Å². The smallest absolute Gasteiger partial charge is 0.264 e. The van der Waals surface area contributed by atoms with E-state index in [1.807, 2.05) is 50.2 Å². The lowest BCUT2D eigenvalue weighted by molar-refractivity contribution is 0.102. The second-order valence-corrected chi connectivity index (χ2v) is 10.1. The zero-order valence-electron chi connectivity index (χ0n) is 19.1. The standard InChI is InChI=1S/C28H26N2O3S/c1-21-17-22(2)19-25(18-21)29-28(31)24-15-13-23(14-16-24)20-30(26-9-5-3-6-10-26)34(32,33)27-11-7-4-8-12-27/h3-19H,20H2,1-2H3,(H,29,31). The Morgan fingerprint density at radius 1 is 0.765 bits per heavy atom. The van der Waals surface area contributed by atoms with Crippen LogP contribution >= 0.6 is 0 Å². The summed E-state index contributed by atoms with van der Waals surface area (Å²) < 4.78 is 28.2. The highest BCUT2D eigenvalue weighted by molar-refractivity contribution is 7.92. The number of nitrogens with one attached hydrogen (secondary N) is 1. The van der Waals surface area contributed by atoms with E-state index in [0.29, 0.717) is 11.3 Å². The summed E-state index contributed by atoms with van der Waals surface area (Å²) in [5.41, 5.74) is 4.74. The fourth-order valence-electron chi connectivity index (χ4n) is 3.81. The second kappa shape index (κ2) is 9.93. The first kappa shape index (κ1) is 23.3. The number of carbonyl (C=O) groups is 1. The van der Waals surface area contributed by atoms with Gasteiger partial charge in [0.05, 0.1) is 17.1 Å². The highest BCUT2D eigenvalue weighted by Crippen LogP contribution is 2.26. The molecule has 0 saturated heterocycles. The number of rotatable bonds is 7. The summed E-state index contributed by atoms with van der Waals surface area (Å²) in [5.74, 6) is -0.214. The predicted molar refractivity (Wildman–Crippen MR) is 137 cm³/mol. The lowest BCUT2D eigenvalue weighted by Gasteiger charge is -2.25. The highest BCUT2D eigenvalue weighted by atomic mass is 32.2. The van der Waals surface area contributed by atoms with Crippen LogP contribution < -0.4 is 9.62 Å². The van der Waals surface area contributed by atoms with Gasteiger partial charge in [-0.05, 0) is 79.1 Å². The molecule has 0 heterocycles. The first-order chi connectivity index (χ1) is 16.3. The summed E-state index contributed by atoms with van der Waals surface area (Å²) in [5, 5.41) is 2.93. The van der Waals surface area contributed by atoms with Crippen molar-refractivity contribution < 1.29 is 13.2 Å². The van der Waals surface area contributed by atoms with Crippen molar-refractivity contribution in [2.24, 2.45) is 0 Å². The minimum absolute atomic E-state index is 0.139. The van der Waals surface area contributed by atoms with Gasteiger partial charge in [-0.25, -0.2) is 8.42 Å². The van der Waals surface area contributed by atoms with Gasteiger partial charge in [-0.2, -0.15) is 0 Å². The lowest BCUT2D eigenvalue weighted by Crippen LogP contribution is -2.30. The Balaban J connectivity index is 1.57. The van der Waals surface area contributed by atoms with Gasteiger partial charge in [0.15, 0.2) is 0 Å². The van der Waals surface area contributed by atoms with E-state index in [1.165, 1.54) is 4.31 Å². The molecule has 5 nitrogen and oxygen atoms in total. The van der Waals surface area contributed by atoms with E-state index in [4.69, 9.17) is 0 Å². The minimum atomic E-state index is -3.77. The third kappa shape index (κ3) is 5.35. The number of benzene rings is 4. The lowest BCUT2D eigenvalue weighted by atomic mass is 10.1. The van der Waals surface area contributed by atoms with Crippen LogP contribution in [0.5, 0.6) is 0 Å². The molecule has 0 unspecified atom stereocenters. The molecule has 4 rings (SSSR count). The molecule has 0 atom stereocenters. The quantitative estimate of drug-likeness (QED) is 0.363. The molecule has 172 valence electrons. The van der Waals surface area contributed by atoms with E-state index in [-0.39, 0.29) is 17.3 Å². The maximum atomic E-state index is 13.4. The van der Waals surface area contributed by atoms with Crippen LogP contribution in [0.3, 0.4) is 0 Å². The molecule has 0 radical (unpaired) electrons. The molecule has 4 aromatic carbocycles. The number of anilines is 2. The van der Waals surface area contributed by atoms with Crippen molar-refractivity contribution in [2.75, 3.05) is 9.62 Å². The number of amides is 1. The Morgan fingerprint density at radius 2 is 1.32 bits per heavy atom. The van der Waals surface area contributed by atoms with E-state index >= 15 is 0 Å². The number of carbonyl (C=O) groups excluding carboxylic acids is 1. The largest absolute Gasteiger partial charge is 0.322 e. The molecule has 1 amide bonds. The van der Waals surface area contributed by atoms with Gasteiger partial charge in [-0.3, -0.25) is 9.10 Å². The molecule has 4 aromatic rings. The van der Waals surface area contributed by atoms with Gasteiger partial charge in [0.25, 0.3) is 15.9 Å². The van der Waals surface area contributed by atoms with Gasteiger partial charge in [0, 0.05) is 11.3 Å². The predicted octanol–water partition coefficient (Wildman–Crippen LogP) is 5.95. The Labute approximate surface area is 200 Å². The zero-order chi connectivity index (χ0) is 24.1. The monoisotopic (exact) mass is 470 g/mol. The maximum absolute atomic E-state index is 13.4. The molecular formula is C28H26N2O3S. The zero-order valence-corrected chi connectivity index (χ0v) is 19.9. The Hall–Kier alpha value is -3.90. The molecule has 1 N–H and O–H groups in total. The Kier molecular flexibility index (Phi) is 6.80. The average molecular weight is 471 g/mol. The van der Waals surface area contributed by atoms with Crippen molar-refractivity contribution >= 4 is 27.3 Å². The van der Waals surface area contributed by atoms with Crippen LogP contribution in [0.2, 0.25) is 0 Å². The minimum Gasteiger partial charge on any atom is -0.322 e. The summed E-state index contributed by atoms with van der Waals surface area (Å²) in [6, 6.07) is 30.3. The van der Waals surface area contributed by atoms with E-state index in [1.54, 1.807) is 66.7 Å². The molecule has 0 aromatic heterocycles. The summed E-state index contributed by atoms with van der Waals surface area (Å²) in [7, 11) is -3.77. The van der Waals surface area contributed by atoms with E-state index in [2.05, 4.69) is 5.32 Å². The maximum Gasteiger partial charge on any atom is 0.264 e. The SMILES string of the molecule is Cc1cc(C)cc(NC(=O)c2ccc(CN(c3ccccc3)S(=O)(=O)c3ccccc3)cc2)c1. The van der Waals surface area contributed by atoms with Gasteiger partial charge in [0.1, 0.15) is 0 Å². The number of para-hydroxylation sites is 1. The van der Waals surface area contributed by atoms with Crippen molar-refractivity contribution in [3.8, 4) is 0 Å². The molecule has 0 bridgehead atoms. The molecule has 0 aliphatic rings. The van der Waals surface area contributed by atoms with Gasteiger partial charge < -0.3 is 5.32 Å². The van der Waals surface area contributed by atoms with Crippen LogP contribution in [0.4, 0.5) is 11.4 Å². The molecule has 0 fully saturated rings. The Morgan fingerprint density at radius 3 is 1.91 bits per heavy atom. The van der Waals surface area contributed by atoms with Crippen LogP contribution in [-0.2, 0) is 16.6 Å². The molecule has 6 heteroatoms. The summed E-state index contributed by atoms with van der Waals surface area (Å²) in [6.45, 7) is 4.11. The number of hydrogen-bond donors (Lipinski definition) is 1. The highest BCUT2D eigenvalue weighted by Gasteiger charge is 2.25. The third-order valence-electron chi connectivity index (χ3n) is 5.40. The van der Waals surface area contributed by atoms with E-state index < -0.39 is 10.0 Å².